The van der Waals surface area contributed by atoms with E-state index in [0.29, 0.717) is 12.8 Å². The molecule has 0 amide bonds. The van der Waals surface area contributed by atoms with Crippen molar-refractivity contribution in [3.8, 4) is 0 Å². The maximum atomic E-state index is 12.1. The highest BCUT2D eigenvalue weighted by Crippen LogP contribution is 2.41. The number of nitrogens with two attached hydrogens (primary N) is 2. The summed E-state index contributed by atoms with van der Waals surface area (Å²) < 4.78 is 11.8. The van der Waals surface area contributed by atoms with Crippen LogP contribution < -0.4 is 11.5 Å². The number of hydrogen-bond acceptors (Lipinski definition) is 8. The smallest absolute Gasteiger partial charge is 0.192 e. The van der Waals surface area contributed by atoms with Gasteiger partial charge >= 0.3 is 0 Å². The van der Waals surface area contributed by atoms with Crippen LogP contribution >= 0.6 is 11.8 Å². The lowest BCUT2D eigenvalue weighted by atomic mass is 9.89. The second-order valence-corrected chi connectivity index (χ2v) is 8.33. The van der Waals surface area contributed by atoms with Gasteiger partial charge in [0.1, 0.15) is 17.6 Å². The van der Waals surface area contributed by atoms with Crippen molar-refractivity contribution < 1.29 is 24.2 Å². The molecule has 2 heterocycles. The fraction of sp³-hybridized carbons (Fsp3) is 0.500. The number of rotatable bonds is 3. The second-order valence-electron chi connectivity index (χ2n) is 7.20. The minimum absolute atomic E-state index is 0.156. The van der Waals surface area contributed by atoms with Gasteiger partial charge in [0, 0.05) is 41.7 Å². The van der Waals surface area contributed by atoms with E-state index in [-0.39, 0.29) is 47.4 Å². The third-order valence-corrected chi connectivity index (χ3v) is 6.22. The van der Waals surface area contributed by atoms with Crippen molar-refractivity contribution >= 4 is 23.3 Å². The van der Waals surface area contributed by atoms with Crippen molar-refractivity contribution in [1.82, 2.24) is 0 Å². The Kier molecular flexibility index (Phi) is 6.14. The predicted molar refractivity (Wildman–Crippen MR) is 107 cm³/mol. The molecule has 1 aliphatic carbocycles. The van der Waals surface area contributed by atoms with Crippen LogP contribution in [0.25, 0.3) is 0 Å². The number of thioether (sulfide) groups is 1. The molecule has 3 atom stereocenters. The first-order valence-corrected chi connectivity index (χ1v) is 10.3. The van der Waals surface area contributed by atoms with Crippen LogP contribution in [0.1, 0.15) is 39.5 Å². The maximum absolute atomic E-state index is 12.1. The van der Waals surface area contributed by atoms with Crippen LogP contribution in [0.5, 0.6) is 0 Å². The van der Waals surface area contributed by atoms with Crippen LogP contribution in [0.3, 0.4) is 0 Å². The summed E-state index contributed by atoms with van der Waals surface area (Å²) in [7, 11) is 0. The summed E-state index contributed by atoms with van der Waals surface area (Å²) in [6.45, 7) is 3.73. The average molecular weight is 407 g/mol. The molecule has 1 saturated carbocycles. The molecule has 2 aliphatic heterocycles. The van der Waals surface area contributed by atoms with Gasteiger partial charge in [-0.15, -0.1) is 11.8 Å². The SMILES string of the molecule is C/C(=C/C(=C/N)C(O)=C1C(=O)CCCC1=O)C1=CC2(CCS1)OC(C)C(N)O2. The van der Waals surface area contributed by atoms with E-state index in [1.807, 2.05) is 19.9 Å². The molecule has 0 aromatic carbocycles. The van der Waals surface area contributed by atoms with Crippen molar-refractivity contribution in [1.29, 1.82) is 0 Å². The van der Waals surface area contributed by atoms with Crippen LogP contribution in [0, 0.1) is 0 Å². The summed E-state index contributed by atoms with van der Waals surface area (Å²) >= 11 is 1.63. The van der Waals surface area contributed by atoms with Gasteiger partial charge in [-0.3, -0.25) is 9.59 Å². The normalized spacial score (nSPS) is 32.1. The van der Waals surface area contributed by atoms with Gasteiger partial charge in [0.2, 0.25) is 0 Å². The largest absolute Gasteiger partial charge is 0.506 e. The summed E-state index contributed by atoms with van der Waals surface area (Å²) in [5.74, 6) is -1.13. The first kappa shape index (κ1) is 20.9. The molecule has 152 valence electrons. The molecule has 0 aromatic heterocycles. The number of aliphatic hydroxyl groups is 1. The molecule has 3 aliphatic rings. The number of ketones is 2. The second kappa shape index (κ2) is 8.24. The van der Waals surface area contributed by atoms with Gasteiger partial charge in [-0.1, -0.05) is 0 Å². The number of Topliss-reactive ketones (excluding diaryl/α,β-unsaturated/α-hetero) is 2. The number of aliphatic hydroxyl groups excluding tert-OH is 1. The van der Waals surface area contributed by atoms with Crippen molar-refractivity contribution in [3.05, 3.63) is 45.7 Å². The van der Waals surface area contributed by atoms with Crippen LogP contribution in [0.15, 0.2) is 45.7 Å². The summed E-state index contributed by atoms with van der Waals surface area (Å²) in [4.78, 5) is 25.1. The first-order valence-electron chi connectivity index (χ1n) is 9.34. The van der Waals surface area contributed by atoms with Gasteiger partial charge in [-0.25, -0.2) is 0 Å². The summed E-state index contributed by atoms with van der Waals surface area (Å²) in [6, 6.07) is 0. The van der Waals surface area contributed by atoms with Gasteiger partial charge in [-0.2, -0.15) is 0 Å². The van der Waals surface area contributed by atoms with Crippen molar-refractivity contribution in [2.75, 3.05) is 5.75 Å². The highest BCUT2D eigenvalue weighted by molar-refractivity contribution is 8.03. The van der Waals surface area contributed by atoms with Gasteiger partial charge < -0.3 is 26.0 Å². The van der Waals surface area contributed by atoms with E-state index in [1.165, 1.54) is 6.20 Å². The maximum Gasteiger partial charge on any atom is 0.192 e. The number of hydrogen-bond donors (Lipinski definition) is 3. The fourth-order valence-electron chi connectivity index (χ4n) is 3.49. The van der Waals surface area contributed by atoms with Gasteiger partial charge in [0.25, 0.3) is 0 Å². The van der Waals surface area contributed by atoms with E-state index in [0.717, 1.165) is 16.2 Å². The number of ether oxygens (including phenoxy) is 2. The zero-order chi connectivity index (χ0) is 20.5. The molecule has 3 rings (SSSR count). The fourth-order valence-corrected chi connectivity index (χ4v) is 4.65. The summed E-state index contributed by atoms with van der Waals surface area (Å²) in [6.07, 6.45) is 5.76. The molecule has 1 spiro atoms. The number of allylic oxidation sites excluding steroid dienone is 3. The van der Waals surface area contributed by atoms with Gasteiger partial charge in [-0.05, 0) is 38.0 Å². The number of carbonyl (C=O) groups excluding carboxylic acids is 2. The zero-order valence-electron chi connectivity index (χ0n) is 16.1. The lowest BCUT2D eigenvalue weighted by molar-refractivity contribution is -0.136. The van der Waals surface area contributed by atoms with E-state index in [9.17, 15) is 14.7 Å². The lowest BCUT2D eigenvalue weighted by Gasteiger charge is -2.29. The Bertz CT molecular complexity index is 783. The van der Waals surface area contributed by atoms with E-state index >= 15 is 0 Å². The molecule has 1 saturated heterocycles. The molecule has 0 bridgehead atoms. The standard InChI is InChI=1S/C20H26N2O5S/c1-11(16-9-20(6-7-28-16)26-12(2)19(22)27-20)8-13(10-21)18(25)17-14(23)4-3-5-15(17)24/h8-10,12,19,25H,3-7,21-22H2,1-2H3/b11-8-,13-10-. The Hall–Kier alpha value is -1.87. The van der Waals surface area contributed by atoms with E-state index in [1.54, 1.807) is 17.8 Å². The monoisotopic (exact) mass is 406 g/mol. The zero-order valence-corrected chi connectivity index (χ0v) is 16.9. The molecule has 28 heavy (non-hydrogen) atoms. The minimum atomic E-state index is -0.850. The summed E-state index contributed by atoms with van der Waals surface area (Å²) in [5.41, 5.74) is 12.5. The lowest BCUT2D eigenvalue weighted by Crippen LogP contribution is -2.33. The molecule has 5 N–H and O–H groups in total. The predicted octanol–water partition coefficient (Wildman–Crippen LogP) is 2.35. The Labute approximate surface area is 168 Å². The topological polar surface area (TPSA) is 125 Å². The molecule has 8 heteroatoms. The Morgan fingerprint density at radius 1 is 1.32 bits per heavy atom. The first-order chi connectivity index (χ1) is 13.3. The minimum Gasteiger partial charge on any atom is -0.506 e. The highest BCUT2D eigenvalue weighted by Gasteiger charge is 2.44. The molecule has 7 nitrogen and oxygen atoms in total. The molecular formula is C20H26N2O5S. The van der Waals surface area contributed by atoms with Crippen molar-refractivity contribution in [2.45, 2.75) is 57.6 Å². The number of carbonyl (C=O) groups is 2. The molecule has 3 unspecified atom stereocenters. The van der Waals surface area contributed by atoms with Crippen LogP contribution in [-0.4, -0.2) is 40.5 Å². The molecular weight excluding hydrogens is 380 g/mol. The Morgan fingerprint density at radius 3 is 2.57 bits per heavy atom. The van der Waals surface area contributed by atoms with Crippen LogP contribution in [-0.2, 0) is 19.1 Å². The Morgan fingerprint density at radius 2 is 2.00 bits per heavy atom. The molecule has 0 radical (unpaired) electrons. The van der Waals surface area contributed by atoms with Crippen molar-refractivity contribution in [2.24, 2.45) is 11.5 Å². The molecule has 2 fully saturated rings. The third kappa shape index (κ3) is 4.10. The van der Waals surface area contributed by atoms with Gasteiger partial charge in [0.05, 0.1) is 6.10 Å². The van der Waals surface area contributed by atoms with E-state index in [2.05, 4.69) is 0 Å². The average Bonchev–Trinajstić information content (AvgIpc) is 2.91. The highest BCUT2D eigenvalue weighted by atomic mass is 32.2. The van der Waals surface area contributed by atoms with Crippen LogP contribution in [0.2, 0.25) is 0 Å². The van der Waals surface area contributed by atoms with Crippen LogP contribution in [0.4, 0.5) is 0 Å². The van der Waals surface area contributed by atoms with Gasteiger partial charge in [0.15, 0.2) is 17.4 Å². The van der Waals surface area contributed by atoms with E-state index in [4.69, 9.17) is 20.9 Å². The van der Waals surface area contributed by atoms with E-state index < -0.39 is 12.0 Å². The Balaban J connectivity index is 1.90. The molecule has 0 aromatic rings. The quantitative estimate of drug-likeness (QED) is 0.282. The van der Waals surface area contributed by atoms with Crippen molar-refractivity contribution in [3.63, 3.8) is 0 Å². The summed E-state index contributed by atoms with van der Waals surface area (Å²) in [5, 5.41) is 10.5. The third-order valence-electron chi connectivity index (χ3n) is 5.06.